The average Bonchev–Trinajstić information content (AvgIpc) is 2.31. The summed E-state index contributed by atoms with van der Waals surface area (Å²) >= 11 is 0. The molecule has 0 bridgehead atoms. The first-order valence-corrected chi connectivity index (χ1v) is 3.62. The van der Waals surface area contributed by atoms with Crippen molar-refractivity contribution in [3.8, 4) is 17.2 Å². The zero-order valence-electron chi connectivity index (χ0n) is 6.32. The van der Waals surface area contributed by atoms with E-state index >= 15 is 0 Å². The van der Waals surface area contributed by atoms with Crippen molar-refractivity contribution >= 4 is 0 Å². The van der Waals surface area contributed by atoms with Gasteiger partial charge in [0.1, 0.15) is 23.9 Å². The molecule has 4 nitrogen and oxygen atoms in total. The fourth-order valence-corrected chi connectivity index (χ4v) is 1.35. The lowest BCUT2D eigenvalue weighted by molar-refractivity contribution is 0.332. The van der Waals surface area contributed by atoms with Crippen LogP contribution in [0.2, 0.25) is 0 Å². The van der Waals surface area contributed by atoms with E-state index in [4.69, 9.17) is 15.6 Å². The van der Waals surface area contributed by atoms with Crippen LogP contribution >= 0.6 is 0 Å². The molecule has 0 fully saturated rings. The quantitative estimate of drug-likeness (QED) is 0.525. The zero-order chi connectivity index (χ0) is 8.72. The van der Waals surface area contributed by atoms with Crippen molar-refractivity contribution in [2.45, 2.75) is 6.04 Å². The van der Waals surface area contributed by atoms with Crippen molar-refractivity contribution in [2.24, 2.45) is 5.73 Å². The monoisotopic (exact) mass is 167 g/mol. The molecule has 0 saturated carbocycles. The van der Waals surface area contributed by atoms with Gasteiger partial charge < -0.3 is 20.7 Å². The molecule has 12 heavy (non-hydrogen) atoms. The Labute approximate surface area is 69.2 Å². The molecular weight excluding hydrogens is 158 g/mol. The van der Waals surface area contributed by atoms with E-state index in [1.165, 1.54) is 12.1 Å². The molecule has 0 unspecified atom stereocenters. The molecule has 0 spiro atoms. The topological polar surface area (TPSA) is 75.7 Å². The van der Waals surface area contributed by atoms with Gasteiger partial charge in [-0.05, 0) is 0 Å². The average molecular weight is 167 g/mol. The SMILES string of the molecule is N[C@@H]1COc2cc(O)cc(O)c21. The van der Waals surface area contributed by atoms with Crippen molar-refractivity contribution in [3.63, 3.8) is 0 Å². The maximum atomic E-state index is 9.36. The zero-order valence-corrected chi connectivity index (χ0v) is 6.32. The van der Waals surface area contributed by atoms with Gasteiger partial charge in [-0.1, -0.05) is 0 Å². The highest BCUT2D eigenvalue weighted by Crippen LogP contribution is 2.40. The molecule has 1 aliphatic heterocycles. The maximum absolute atomic E-state index is 9.36. The molecule has 1 aliphatic rings. The van der Waals surface area contributed by atoms with Gasteiger partial charge in [-0.15, -0.1) is 0 Å². The fourth-order valence-electron chi connectivity index (χ4n) is 1.35. The standard InChI is InChI=1S/C8H9NO3/c9-5-3-12-7-2-4(10)1-6(11)8(5)7/h1-2,5,10-11H,3,9H2/t5-/m1/s1. The number of hydrogen-bond acceptors (Lipinski definition) is 4. The Kier molecular flexibility index (Phi) is 1.38. The second-order valence-corrected chi connectivity index (χ2v) is 2.79. The number of ether oxygens (including phenoxy) is 1. The summed E-state index contributed by atoms with van der Waals surface area (Å²) in [7, 11) is 0. The lowest BCUT2D eigenvalue weighted by Gasteiger charge is -2.03. The van der Waals surface area contributed by atoms with Gasteiger partial charge in [0.2, 0.25) is 0 Å². The Bertz CT molecular complexity index is 324. The predicted molar refractivity (Wildman–Crippen MR) is 42.2 cm³/mol. The Morgan fingerprint density at radius 2 is 2.17 bits per heavy atom. The van der Waals surface area contributed by atoms with Crippen molar-refractivity contribution in [2.75, 3.05) is 6.61 Å². The van der Waals surface area contributed by atoms with Gasteiger partial charge in [0, 0.05) is 12.1 Å². The highest BCUT2D eigenvalue weighted by molar-refractivity contribution is 5.52. The highest BCUT2D eigenvalue weighted by Gasteiger charge is 2.24. The number of aromatic hydroxyl groups is 2. The van der Waals surface area contributed by atoms with Crippen molar-refractivity contribution in [1.29, 1.82) is 0 Å². The summed E-state index contributed by atoms with van der Waals surface area (Å²) < 4.78 is 5.13. The summed E-state index contributed by atoms with van der Waals surface area (Å²) in [5.74, 6) is 0.454. The first kappa shape index (κ1) is 7.24. The van der Waals surface area contributed by atoms with Crippen LogP contribution in [-0.4, -0.2) is 16.8 Å². The van der Waals surface area contributed by atoms with Crippen LogP contribution in [0.15, 0.2) is 12.1 Å². The summed E-state index contributed by atoms with van der Waals surface area (Å²) in [5.41, 5.74) is 6.21. The van der Waals surface area contributed by atoms with Crippen LogP contribution in [0.25, 0.3) is 0 Å². The maximum Gasteiger partial charge on any atom is 0.131 e. The van der Waals surface area contributed by atoms with Gasteiger partial charge in [-0.2, -0.15) is 0 Å². The van der Waals surface area contributed by atoms with Gasteiger partial charge in [0.15, 0.2) is 0 Å². The van der Waals surface area contributed by atoms with Gasteiger partial charge in [0.05, 0.1) is 11.6 Å². The molecule has 0 amide bonds. The van der Waals surface area contributed by atoms with Crippen LogP contribution in [0.4, 0.5) is 0 Å². The molecule has 64 valence electrons. The van der Waals surface area contributed by atoms with E-state index in [0.717, 1.165) is 0 Å². The lowest BCUT2D eigenvalue weighted by atomic mass is 10.1. The van der Waals surface area contributed by atoms with E-state index in [-0.39, 0.29) is 17.5 Å². The second-order valence-electron chi connectivity index (χ2n) is 2.79. The van der Waals surface area contributed by atoms with E-state index in [0.29, 0.717) is 17.9 Å². The molecule has 0 saturated heterocycles. The van der Waals surface area contributed by atoms with Crippen LogP contribution in [0, 0.1) is 0 Å². The molecule has 0 radical (unpaired) electrons. The van der Waals surface area contributed by atoms with Gasteiger partial charge in [-0.3, -0.25) is 0 Å². The van der Waals surface area contributed by atoms with Crippen molar-refractivity contribution in [1.82, 2.24) is 0 Å². The summed E-state index contributed by atoms with van der Waals surface area (Å²) in [6.07, 6.45) is 0. The molecule has 1 heterocycles. The van der Waals surface area contributed by atoms with E-state index < -0.39 is 0 Å². The summed E-state index contributed by atoms with van der Waals surface area (Å²) in [4.78, 5) is 0. The first-order chi connectivity index (χ1) is 5.68. The fraction of sp³-hybridized carbons (Fsp3) is 0.250. The molecule has 0 aliphatic carbocycles. The van der Waals surface area contributed by atoms with Crippen LogP contribution in [0.5, 0.6) is 17.2 Å². The van der Waals surface area contributed by atoms with Crippen molar-refractivity contribution < 1.29 is 14.9 Å². The first-order valence-electron chi connectivity index (χ1n) is 3.62. The third kappa shape index (κ3) is 0.887. The Morgan fingerprint density at radius 1 is 1.42 bits per heavy atom. The van der Waals surface area contributed by atoms with Crippen LogP contribution in [0.3, 0.4) is 0 Å². The molecule has 2 rings (SSSR count). The van der Waals surface area contributed by atoms with E-state index in [9.17, 15) is 5.11 Å². The van der Waals surface area contributed by atoms with Gasteiger partial charge >= 0.3 is 0 Å². The normalized spacial score (nSPS) is 20.2. The van der Waals surface area contributed by atoms with Crippen LogP contribution in [0.1, 0.15) is 11.6 Å². The number of benzene rings is 1. The Morgan fingerprint density at radius 3 is 2.92 bits per heavy atom. The minimum atomic E-state index is -0.291. The van der Waals surface area contributed by atoms with Crippen LogP contribution in [-0.2, 0) is 0 Å². The molecular formula is C8H9NO3. The number of hydrogen-bond donors (Lipinski definition) is 3. The number of phenolic OH excluding ortho intramolecular Hbond substituents is 2. The third-order valence-corrected chi connectivity index (χ3v) is 1.89. The molecule has 0 aromatic heterocycles. The minimum absolute atomic E-state index is 0.00463. The molecule has 1 aromatic rings. The van der Waals surface area contributed by atoms with Crippen LogP contribution < -0.4 is 10.5 Å². The Hall–Kier alpha value is -1.42. The van der Waals surface area contributed by atoms with E-state index in [2.05, 4.69) is 0 Å². The van der Waals surface area contributed by atoms with Crippen molar-refractivity contribution in [3.05, 3.63) is 17.7 Å². The number of fused-ring (bicyclic) bond motifs is 1. The van der Waals surface area contributed by atoms with Gasteiger partial charge in [0.25, 0.3) is 0 Å². The lowest BCUT2D eigenvalue weighted by Crippen LogP contribution is -2.10. The predicted octanol–water partition coefficient (Wildman–Crippen LogP) is 0.490. The second kappa shape index (κ2) is 2.28. The molecule has 4 heteroatoms. The van der Waals surface area contributed by atoms with E-state index in [1.807, 2.05) is 0 Å². The number of rotatable bonds is 0. The van der Waals surface area contributed by atoms with E-state index in [1.54, 1.807) is 0 Å². The van der Waals surface area contributed by atoms with Gasteiger partial charge in [-0.25, -0.2) is 0 Å². The summed E-state index contributed by atoms with van der Waals surface area (Å²) in [5, 5.41) is 18.4. The summed E-state index contributed by atoms with van der Waals surface area (Å²) in [6.45, 7) is 0.354. The molecule has 4 N–H and O–H groups in total. The number of nitrogens with two attached hydrogens (primary N) is 1. The highest BCUT2D eigenvalue weighted by atomic mass is 16.5. The minimum Gasteiger partial charge on any atom is -0.508 e. The largest absolute Gasteiger partial charge is 0.508 e. The smallest absolute Gasteiger partial charge is 0.131 e. The third-order valence-electron chi connectivity index (χ3n) is 1.89. The Balaban J connectivity index is 2.60. The molecule has 1 aromatic carbocycles. The molecule has 1 atom stereocenters. The number of phenols is 2. The summed E-state index contributed by atoms with van der Waals surface area (Å²) in [6, 6.07) is 2.41.